The van der Waals surface area contributed by atoms with Crippen molar-refractivity contribution in [2.24, 2.45) is 0 Å². The summed E-state index contributed by atoms with van der Waals surface area (Å²) in [5.41, 5.74) is 4.40. The third kappa shape index (κ3) is 5.88. The molecule has 0 unspecified atom stereocenters. The van der Waals surface area contributed by atoms with E-state index in [1.807, 2.05) is 32.9 Å². The van der Waals surface area contributed by atoms with Gasteiger partial charge in [0.1, 0.15) is 17.8 Å². The van der Waals surface area contributed by atoms with Gasteiger partial charge in [-0.05, 0) is 61.2 Å². The van der Waals surface area contributed by atoms with E-state index in [2.05, 4.69) is 20.0 Å². The van der Waals surface area contributed by atoms with Crippen LogP contribution in [0.4, 0.5) is 5.69 Å². The smallest absolute Gasteiger partial charge is 0.268 e. The molecule has 200 valence electrons. The van der Waals surface area contributed by atoms with Gasteiger partial charge in [-0.3, -0.25) is 18.7 Å². The molecule has 38 heavy (non-hydrogen) atoms. The van der Waals surface area contributed by atoms with E-state index in [9.17, 15) is 18.0 Å². The van der Waals surface area contributed by atoms with E-state index in [0.29, 0.717) is 40.6 Å². The number of aromatic nitrogens is 3. The van der Waals surface area contributed by atoms with Crippen LogP contribution in [0.15, 0.2) is 53.6 Å². The molecule has 11 heteroatoms. The number of hydrogen-bond donors (Lipinski definition) is 3. The van der Waals surface area contributed by atoms with Crippen LogP contribution in [0, 0.1) is 6.92 Å². The largest absolute Gasteiger partial charge is 0.493 e. The van der Waals surface area contributed by atoms with Crippen molar-refractivity contribution >= 4 is 27.1 Å². The molecule has 0 saturated carbocycles. The van der Waals surface area contributed by atoms with Gasteiger partial charge >= 0.3 is 0 Å². The molecular weight excluding hydrogens is 506 g/mol. The first-order chi connectivity index (χ1) is 18.0. The normalized spacial score (nSPS) is 11.6. The molecule has 4 rings (SSSR count). The quantitative estimate of drug-likeness (QED) is 0.297. The lowest BCUT2D eigenvalue weighted by Crippen LogP contribution is -2.29. The lowest BCUT2D eigenvalue weighted by Gasteiger charge is -2.14. The van der Waals surface area contributed by atoms with Crippen LogP contribution in [0.2, 0.25) is 0 Å². The zero-order valence-corrected chi connectivity index (χ0v) is 22.8. The van der Waals surface area contributed by atoms with Crippen LogP contribution in [-0.4, -0.2) is 41.6 Å². The zero-order chi connectivity index (χ0) is 27.6. The fourth-order valence-electron chi connectivity index (χ4n) is 4.27. The highest BCUT2D eigenvalue weighted by atomic mass is 32.2. The highest BCUT2D eigenvalue weighted by Crippen LogP contribution is 2.29. The Morgan fingerprint density at radius 1 is 1.16 bits per heavy atom. The number of aromatic amines is 1. The molecule has 3 N–H and O–H groups in total. The number of carbonyl (C=O) groups is 1. The molecule has 0 spiro atoms. The third-order valence-corrected chi connectivity index (χ3v) is 6.52. The zero-order valence-electron chi connectivity index (χ0n) is 22.0. The molecular formula is C27H31N5O5S. The molecule has 0 bridgehead atoms. The standard InChI is InChI=1S/C27H31N5O5S/c1-6-37-24-10-17(4)30-26(33)21(24)14-28-27(34)23-13-19(12-22-25(16(2)3)29-15-32(22)23)18-8-7-9-20(11-18)31-38(5,35)36/h7-13,15-16,31H,6,14H2,1-5H3,(H,28,34)(H,30,33). The van der Waals surface area contributed by atoms with Gasteiger partial charge < -0.3 is 15.0 Å². The van der Waals surface area contributed by atoms with Crippen LogP contribution in [0.1, 0.15) is 54.1 Å². The Hall–Kier alpha value is -4.12. The summed E-state index contributed by atoms with van der Waals surface area (Å²) in [6.07, 6.45) is 2.70. The first-order valence-electron chi connectivity index (χ1n) is 12.2. The van der Waals surface area contributed by atoms with Crippen molar-refractivity contribution in [1.82, 2.24) is 19.7 Å². The van der Waals surface area contributed by atoms with E-state index in [0.717, 1.165) is 23.0 Å². The molecule has 0 saturated heterocycles. The van der Waals surface area contributed by atoms with Gasteiger partial charge in [0.15, 0.2) is 0 Å². The highest BCUT2D eigenvalue weighted by molar-refractivity contribution is 7.92. The number of sulfonamides is 1. The van der Waals surface area contributed by atoms with Gasteiger partial charge in [-0.25, -0.2) is 13.4 Å². The molecule has 3 heterocycles. The summed E-state index contributed by atoms with van der Waals surface area (Å²) >= 11 is 0. The van der Waals surface area contributed by atoms with Crippen molar-refractivity contribution < 1.29 is 17.9 Å². The number of fused-ring (bicyclic) bond motifs is 1. The molecule has 0 aliphatic rings. The summed E-state index contributed by atoms with van der Waals surface area (Å²) in [6, 6.07) is 12.3. The van der Waals surface area contributed by atoms with Gasteiger partial charge in [0.05, 0.1) is 36.2 Å². The highest BCUT2D eigenvalue weighted by Gasteiger charge is 2.19. The van der Waals surface area contributed by atoms with E-state index in [1.165, 1.54) is 0 Å². The number of nitrogens with one attached hydrogen (secondary N) is 3. The van der Waals surface area contributed by atoms with E-state index in [4.69, 9.17) is 4.74 Å². The number of imidazole rings is 1. The summed E-state index contributed by atoms with van der Waals surface area (Å²) < 4.78 is 33.3. The first kappa shape index (κ1) is 26.9. The predicted octanol–water partition coefficient (Wildman–Crippen LogP) is 3.82. The van der Waals surface area contributed by atoms with Crippen molar-refractivity contribution in [2.75, 3.05) is 17.6 Å². The van der Waals surface area contributed by atoms with Gasteiger partial charge in [0.25, 0.3) is 11.5 Å². The number of hydrogen-bond acceptors (Lipinski definition) is 6. The number of H-pyrrole nitrogens is 1. The van der Waals surface area contributed by atoms with Crippen LogP contribution in [0.3, 0.4) is 0 Å². The van der Waals surface area contributed by atoms with E-state index >= 15 is 0 Å². The Morgan fingerprint density at radius 3 is 2.61 bits per heavy atom. The summed E-state index contributed by atoms with van der Waals surface area (Å²) in [4.78, 5) is 33.4. The summed E-state index contributed by atoms with van der Waals surface area (Å²) in [7, 11) is -3.46. The number of carbonyl (C=O) groups excluding carboxylic acids is 1. The number of aryl methyl sites for hydroxylation is 1. The molecule has 10 nitrogen and oxygen atoms in total. The van der Waals surface area contributed by atoms with Crippen LogP contribution in [-0.2, 0) is 16.6 Å². The number of nitrogens with zero attached hydrogens (tertiary/aromatic N) is 2. The fourth-order valence-corrected chi connectivity index (χ4v) is 4.83. The molecule has 0 aliphatic carbocycles. The van der Waals surface area contributed by atoms with Gasteiger partial charge in [0, 0.05) is 11.4 Å². The summed E-state index contributed by atoms with van der Waals surface area (Å²) in [5.74, 6) is 0.120. The molecule has 0 fully saturated rings. The molecule has 1 aromatic carbocycles. The van der Waals surface area contributed by atoms with Crippen molar-refractivity contribution in [3.8, 4) is 16.9 Å². The topological polar surface area (TPSA) is 135 Å². The second-order valence-corrected chi connectivity index (χ2v) is 11.1. The molecule has 1 amide bonds. The number of rotatable bonds is 9. The monoisotopic (exact) mass is 537 g/mol. The van der Waals surface area contributed by atoms with Crippen molar-refractivity contribution in [1.29, 1.82) is 0 Å². The van der Waals surface area contributed by atoms with Gasteiger partial charge in [0.2, 0.25) is 10.0 Å². The second-order valence-electron chi connectivity index (χ2n) is 9.36. The van der Waals surface area contributed by atoms with E-state index in [-0.39, 0.29) is 18.0 Å². The number of anilines is 1. The summed E-state index contributed by atoms with van der Waals surface area (Å²) in [5, 5.41) is 2.85. The summed E-state index contributed by atoms with van der Waals surface area (Å²) in [6.45, 7) is 7.98. The van der Waals surface area contributed by atoms with Crippen LogP contribution in [0.5, 0.6) is 5.75 Å². The molecule has 4 aromatic rings. The first-order valence-corrected chi connectivity index (χ1v) is 14.1. The number of amides is 1. The van der Waals surface area contributed by atoms with Crippen LogP contribution in [0.25, 0.3) is 16.6 Å². The number of benzene rings is 1. The maximum Gasteiger partial charge on any atom is 0.268 e. The lowest BCUT2D eigenvalue weighted by molar-refractivity contribution is 0.0944. The molecule has 0 atom stereocenters. The second kappa shape index (κ2) is 10.7. The number of ether oxygens (including phenoxy) is 1. The predicted molar refractivity (Wildman–Crippen MR) is 147 cm³/mol. The Balaban J connectivity index is 1.76. The van der Waals surface area contributed by atoms with Gasteiger partial charge in [-0.2, -0.15) is 0 Å². The fraction of sp³-hybridized carbons (Fsp3) is 0.296. The van der Waals surface area contributed by atoms with Gasteiger partial charge in [-0.15, -0.1) is 0 Å². The molecule has 0 radical (unpaired) electrons. The van der Waals surface area contributed by atoms with Gasteiger partial charge in [-0.1, -0.05) is 26.0 Å². The Bertz CT molecular complexity index is 1670. The lowest BCUT2D eigenvalue weighted by atomic mass is 10.0. The molecule has 3 aromatic heterocycles. The SMILES string of the molecule is CCOc1cc(C)[nH]c(=O)c1CNC(=O)c1cc(-c2cccc(NS(C)(=O)=O)c2)cc2c(C(C)C)ncn12. The van der Waals surface area contributed by atoms with E-state index < -0.39 is 15.9 Å². The maximum atomic E-state index is 13.5. The minimum absolute atomic E-state index is 0.0327. The minimum atomic E-state index is -3.46. The minimum Gasteiger partial charge on any atom is -0.493 e. The van der Waals surface area contributed by atoms with Crippen LogP contribution < -0.4 is 20.3 Å². The Labute approximate surface area is 221 Å². The maximum absolute atomic E-state index is 13.5. The molecule has 0 aliphatic heterocycles. The van der Waals surface area contributed by atoms with Crippen molar-refractivity contribution in [2.45, 2.75) is 40.2 Å². The Kier molecular flexibility index (Phi) is 7.58. The van der Waals surface area contributed by atoms with Crippen molar-refractivity contribution in [3.05, 3.63) is 81.8 Å². The van der Waals surface area contributed by atoms with Crippen LogP contribution >= 0.6 is 0 Å². The third-order valence-electron chi connectivity index (χ3n) is 5.91. The van der Waals surface area contributed by atoms with Crippen molar-refractivity contribution in [3.63, 3.8) is 0 Å². The number of pyridine rings is 2. The average molecular weight is 538 g/mol. The van der Waals surface area contributed by atoms with E-state index in [1.54, 1.807) is 48.0 Å². The Morgan fingerprint density at radius 2 is 1.92 bits per heavy atom. The average Bonchev–Trinajstić information content (AvgIpc) is 3.26.